The van der Waals surface area contributed by atoms with Gasteiger partial charge in [-0.15, -0.1) is 22.7 Å². The van der Waals surface area contributed by atoms with Gasteiger partial charge >= 0.3 is 0 Å². The first-order chi connectivity index (χ1) is 51.0. The van der Waals surface area contributed by atoms with Crippen LogP contribution in [0.3, 0.4) is 0 Å². The van der Waals surface area contributed by atoms with Gasteiger partial charge in [0.25, 0.3) is 0 Å². The highest BCUT2D eigenvalue weighted by atomic mass is 79.9. The Balaban J connectivity index is 0.000000133. The van der Waals surface area contributed by atoms with Gasteiger partial charge in [0.05, 0.1) is 51.5 Å². The maximum atomic E-state index is 4.46. The topological polar surface area (TPSA) is 50.9 Å². The summed E-state index contributed by atoms with van der Waals surface area (Å²) in [4.78, 5) is 10.8. The van der Waals surface area contributed by atoms with Crippen LogP contribution in [0, 0.1) is 0 Å². The van der Waals surface area contributed by atoms with Crippen LogP contribution in [0.2, 0.25) is 0 Å². The molecule has 20 rings (SSSR count). The van der Waals surface area contributed by atoms with Gasteiger partial charge in [-0.2, -0.15) is 0 Å². The number of hydrogen-bond acceptors (Lipinski definition) is 6. The van der Waals surface area contributed by atoms with E-state index in [1.165, 1.54) is 129 Å². The van der Waals surface area contributed by atoms with E-state index in [-0.39, 0.29) is 7.43 Å². The van der Waals surface area contributed by atoms with Crippen molar-refractivity contribution >= 4 is 151 Å². The van der Waals surface area contributed by atoms with E-state index < -0.39 is 0 Å². The lowest BCUT2D eigenvalue weighted by Gasteiger charge is -2.27. The number of fused-ring (bicyclic) bond motifs is 12. The van der Waals surface area contributed by atoms with E-state index in [0.29, 0.717) is 0 Å². The van der Waals surface area contributed by atoms with Gasteiger partial charge in [-0.05, 0) is 197 Å². The lowest BCUT2D eigenvalue weighted by atomic mass is 9.96. The molecule has 0 saturated carbocycles. The number of benzene rings is 14. The fourth-order valence-electron chi connectivity index (χ4n) is 14.5. The molecule has 14 aromatic carbocycles. The van der Waals surface area contributed by atoms with Crippen molar-refractivity contribution in [1.82, 2.24) is 19.1 Å². The minimum atomic E-state index is 0. The van der Waals surface area contributed by atoms with E-state index in [9.17, 15) is 0 Å². The Morgan fingerprint density at radius 2 is 0.721 bits per heavy atom. The molecule has 6 nitrogen and oxygen atoms in total. The van der Waals surface area contributed by atoms with Crippen LogP contribution in [0.25, 0.3) is 140 Å². The predicted molar refractivity (Wildman–Crippen MR) is 450 cm³/mol. The van der Waals surface area contributed by atoms with Gasteiger partial charge < -0.3 is 19.4 Å². The Morgan fingerprint density at radius 3 is 1.28 bits per heavy atom. The van der Waals surface area contributed by atoms with Crippen LogP contribution < -0.4 is 10.2 Å². The second kappa shape index (κ2) is 28.5. The fraction of sp³-hybridized carbons (Fsp3) is 0.0105. The van der Waals surface area contributed by atoms with E-state index in [2.05, 4.69) is 349 Å². The van der Waals surface area contributed by atoms with E-state index in [4.69, 9.17) is 0 Å². The second-order valence-electron chi connectivity index (χ2n) is 25.5. The average Bonchev–Trinajstić information content (AvgIpc) is 1.58. The largest absolute Gasteiger partial charge is 0.354 e. The summed E-state index contributed by atoms with van der Waals surface area (Å²) < 4.78 is 11.2. The summed E-state index contributed by atoms with van der Waals surface area (Å²) in [7, 11) is 0. The van der Waals surface area contributed by atoms with E-state index in [1.54, 1.807) is 12.4 Å². The molecule has 0 spiro atoms. The molecule has 0 unspecified atom stereocenters. The number of thiophene rings is 2. The van der Waals surface area contributed by atoms with Crippen molar-refractivity contribution in [3.8, 4) is 55.9 Å². The summed E-state index contributed by atoms with van der Waals surface area (Å²) >= 11 is 7.44. The number of halogens is 1. The highest BCUT2D eigenvalue weighted by Gasteiger charge is 2.21. The lowest BCUT2D eigenvalue weighted by Crippen LogP contribution is -2.11. The summed E-state index contributed by atoms with van der Waals surface area (Å²) in [6.07, 6.45) is 7.30. The quantitative estimate of drug-likeness (QED) is 0.140. The number of rotatable bonds is 11. The van der Waals surface area contributed by atoms with Crippen LogP contribution in [0.1, 0.15) is 7.43 Å². The van der Waals surface area contributed by atoms with Crippen molar-refractivity contribution < 1.29 is 0 Å². The smallest absolute Gasteiger partial charge is 0.0645 e. The third kappa shape index (κ3) is 12.4. The zero-order chi connectivity index (χ0) is 68.6. The summed E-state index contributed by atoms with van der Waals surface area (Å²) in [5.74, 6) is 0. The Labute approximate surface area is 620 Å². The maximum absolute atomic E-state index is 4.46. The molecule has 0 atom stereocenters. The number of nitrogens with one attached hydrogen (secondary N) is 1. The van der Waals surface area contributed by atoms with Crippen LogP contribution in [0.15, 0.2) is 381 Å². The molecule has 0 fully saturated rings. The first-order valence-electron chi connectivity index (χ1n) is 34.4. The molecule has 104 heavy (non-hydrogen) atoms. The summed E-state index contributed by atoms with van der Waals surface area (Å²) in [5, 5.41) is 13.5. The van der Waals surface area contributed by atoms with Crippen LogP contribution >= 0.6 is 38.6 Å². The second-order valence-corrected chi connectivity index (χ2v) is 28.5. The van der Waals surface area contributed by atoms with Gasteiger partial charge in [-0.3, -0.25) is 9.97 Å². The minimum Gasteiger partial charge on any atom is -0.354 e. The van der Waals surface area contributed by atoms with Crippen molar-refractivity contribution in [2.75, 3.05) is 10.2 Å². The summed E-state index contributed by atoms with van der Waals surface area (Å²) in [6.45, 7) is 0. The number of nitrogens with zero attached hydrogens (tertiary/aromatic N) is 5. The van der Waals surface area contributed by atoms with Crippen molar-refractivity contribution in [3.63, 3.8) is 0 Å². The number of para-hydroxylation sites is 5. The van der Waals surface area contributed by atoms with Gasteiger partial charge in [-0.1, -0.05) is 217 Å². The van der Waals surface area contributed by atoms with Crippen molar-refractivity contribution in [3.05, 3.63) is 381 Å². The van der Waals surface area contributed by atoms with Crippen LogP contribution in [-0.2, 0) is 0 Å². The normalized spacial score (nSPS) is 11.2. The van der Waals surface area contributed by atoms with Crippen molar-refractivity contribution in [1.29, 1.82) is 0 Å². The monoisotopic (exact) mass is 1430 g/mol. The number of pyridine rings is 2. The Bertz CT molecular complexity index is 6420. The molecular formula is C95H67BrN6S2. The minimum absolute atomic E-state index is 0. The predicted octanol–water partition coefficient (Wildman–Crippen LogP) is 28.1. The molecule has 9 heteroatoms. The first kappa shape index (κ1) is 64.8. The molecule has 0 amide bonds. The molecule has 6 heterocycles. The lowest BCUT2D eigenvalue weighted by molar-refractivity contribution is 1.19. The Hall–Kier alpha value is -12.5. The van der Waals surface area contributed by atoms with Crippen LogP contribution in [0.5, 0.6) is 0 Å². The molecule has 0 aliphatic carbocycles. The molecule has 496 valence electrons. The van der Waals surface area contributed by atoms with Gasteiger partial charge in [0.15, 0.2) is 0 Å². The fourth-order valence-corrected chi connectivity index (χ4v) is 17.2. The highest BCUT2D eigenvalue weighted by molar-refractivity contribution is 9.10. The first-order valence-corrected chi connectivity index (χ1v) is 36.8. The molecule has 0 saturated heterocycles. The van der Waals surface area contributed by atoms with Gasteiger partial charge in [0, 0.05) is 107 Å². The van der Waals surface area contributed by atoms with E-state index >= 15 is 0 Å². The van der Waals surface area contributed by atoms with Crippen LogP contribution in [-0.4, -0.2) is 19.1 Å². The number of aromatic nitrogens is 4. The zero-order valence-electron chi connectivity index (χ0n) is 55.7. The van der Waals surface area contributed by atoms with Crippen molar-refractivity contribution in [2.24, 2.45) is 0 Å². The van der Waals surface area contributed by atoms with Gasteiger partial charge in [0.1, 0.15) is 0 Å². The third-order valence-corrected chi connectivity index (χ3v) is 22.3. The number of anilines is 5. The standard InChI is InChI=1S/C47H31N3S.C36H22BrNS.C11H10N2.CH4/c1-2-14-35(15-3-1)49(37-16-11-27-48-31-37)43-20-7-4-17-38(43)34-13-10-12-32(28-34)33-23-25-45-41(29-33)39-18-5-8-21-44(39)50(45)36-24-26-47-42(30-36)40-19-6-9-22-46(40)51-47;37-32-13-4-1-10-27(32)25-9-7-8-23(20-25)24-16-18-34-30(21-24)28-11-2-5-14-33(28)38(34)26-17-19-36-31(22-26)29-12-3-6-15-35(29)39-36;1-2-5-10(6-3-1)13-11-7-4-8-12-9-11;/h1-31H;1-22H;1-9,13H;1H4. The molecule has 0 bridgehead atoms. The van der Waals surface area contributed by atoms with E-state index in [1.807, 2.05) is 83.6 Å². The molecule has 6 aromatic heterocycles. The average molecular weight is 1440 g/mol. The Morgan fingerprint density at radius 1 is 0.288 bits per heavy atom. The SMILES string of the molecule is Brc1ccccc1-c1cccc(-c2ccc3c(c2)c2ccccc2n3-c2ccc3sc4ccccc4c3c2)c1.C.c1ccc(N(c2cccnc2)c2ccccc2-c2cccc(-c3ccc4c(c3)c3ccccc3n4-c3ccc4sc5ccccc5c4c3)c2)cc1.c1ccc(Nc2cccnc2)cc1. The Kier molecular flexibility index (Phi) is 17.8. The third-order valence-electron chi connectivity index (χ3n) is 19.3. The zero-order valence-corrected chi connectivity index (χ0v) is 58.9. The highest BCUT2D eigenvalue weighted by Crippen LogP contribution is 2.45. The molecular weight excluding hydrogens is 1370 g/mol. The van der Waals surface area contributed by atoms with E-state index in [0.717, 1.165) is 44.0 Å². The summed E-state index contributed by atoms with van der Waals surface area (Å²) in [5.41, 5.74) is 22.1. The van der Waals surface area contributed by atoms with Gasteiger partial charge in [-0.25, -0.2) is 0 Å². The molecule has 0 aliphatic heterocycles. The number of hydrogen-bond donors (Lipinski definition) is 1. The molecule has 1 N–H and O–H groups in total. The summed E-state index contributed by atoms with van der Waals surface area (Å²) in [6, 6.07) is 126. The van der Waals surface area contributed by atoms with Crippen molar-refractivity contribution in [2.45, 2.75) is 7.43 Å². The van der Waals surface area contributed by atoms with Gasteiger partial charge in [0.2, 0.25) is 0 Å². The molecule has 0 radical (unpaired) electrons. The van der Waals surface area contributed by atoms with Crippen LogP contribution in [0.4, 0.5) is 28.4 Å². The molecule has 0 aliphatic rings. The maximum Gasteiger partial charge on any atom is 0.0645 e. The molecule has 20 aromatic rings.